The maximum atomic E-state index is 13.4. The van der Waals surface area contributed by atoms with Gasteiger partial charge in [-0.1, -0.05) is 0 Å². The van der Waals surface area contributed by atoms with Crippen LogP contribution in [0.25, 0.3) is 11.3 Å². The normalized spacial score (nSPS) is 15.2. The van der Waals surface area contributed by atoms with Crippen molar-refractivity contribution in [2.24, 2.45) is 0 Å². The number of halogens is 2. The van der Waals surface area contributed by atoms with E-state index in [0.29, 0.717) is 28.6 Å². The first-order chi connectivity index (χ1) is 12.8. The Balaban J connectivity index is 1.88. The monoisotopic (exact) mass is 368 g/mol. The Morgan fingerprint density at radius 1 is 1.04 bits per heavy atom. The highest BCUT2D eigenvalue weighted by atomic mass is 19.1. The van der Waals surface area contributed by atoms with Crippen molar-refractivity contribution in [2.75, 3.05) is 5.32 Å². The van der Waals surface area contributed by atoms with Gasteiger partial charge in [0, 0.05) is 11.3 Å². The second-order valence-electron chi connectivity index (χ2n) is 7.03. The van der Waals surface area contributed by atoms with Crippen LogP contribution in [0.4, 0.5) is 20.3 Å². The summed E-state index contributed by atoms with van der Waals surface area (Å²) in [5.41, 5.74) is 1.31. The fourth-order valence-corrected chi connectivity index (χ4v) is 3.28. The minimum atomic E-state index is -0.660. The van der Waals surface area contributed by atoms with Crippen LogP contribution >= 0.6 is 0 Å². The van der Waals surface area contributed by atoms with Gasteiger partial charge in [-0.25, -0.2) is 13.8 Å². The quantitative estimate of drug-likeness (QED) is 0.736. The van der Waals surface area contributed by atoms with Crippen LogP contribution in [0.5, 0.6) is 0 Å². The van der Waals surface area contributed by atoms with E-state index in [1.54, 1.807) is 28.8 Å². The summed E-state index contributed by atoms with van der Waals surface area (Å²) in [5.74, 6) is 0.484. The highest BCUT2D eigenvalue weighted by Gasteiger charge is 2.36. The Kier molecular flexibility index (Phi) is 3.95. The van der Waals surface area contributed by atoms with Crippen LogP contribution in [0.15, 0.2) is 48.5 Å². The van der Waals surface area contributed by atoms with E-state index in [4.69, 9.17) is 4.98 Å². The number of carbonyl (C=O) groups is 1. The molecule has 0 fully saturated rings. The molecule has 0 aliphatic carbocycles. The van der Waals surface area contributed by atoms with Gasteiger partial charge in [0.25, 0.3) is 0 Å². The number of hydrogen-bond donors (Lipinski definition) is 2. The molecular weight excluding hydrogens is 350 g/mol. The molecule has 0 atom stereocenters. The van der Waals surface area contributed by atoms with Crippen LogP contribution in [0.2, 0.25) is 0 Å². The fraction of sp³-hybridized carbons (Fsp3) is 0.200. The minimum absolute atomic E-state index is 0.108. The summed E-state index contributed by atoms with van der Waals surface area (Å²) in [5, 5.41) is 6.16. The Morgan fingerprint density at radius 2 is 1.63 bits per heavy atom. The number of rotatable bonds is 3. The SMILES string of the molecule is CC1(C)NC(=O)Cn2c1nc(-c1ccc(F)cc1)c2Nc1ccc(F)cc1. The van der Waals surface area contributed by atoms with Gasteiger partial charge < -0.3 is 15.2 Å². The second-order valence-corrected chi connectivity index (χ2v) is 7.03. The Morgan fingerprint density at radius 3 is 2.26 bits per heavy atom. The Labute approximate surface area is 155 Å². The molecule has 1 aromatic heterocycles. The van der Waals surface area contributed by atoms with Crippen molar-refractivity contribution in [3.63, 3.8) is 0 Å². The largest absolute Gasteiger partial charge is 0.342 e. The number of imidazole rings is 1. The number of nitrogens with one attached hydrogen (secondary N) is 2. The number of carbonyl (C=O) groups excluding carboxylic acids is 1. The molecule has 0 saturated carbocycles. The predicted molar refractivity (Wildman–Crippen MR) is 98.5 cm³/mol. The van der Waals surface area contributed by atoms with Crippen LogP contribution in [-0.2, 0) is 16.9 Å². The van der Waals surface area contributed by atoms with E-state index in [1.165, 1.54) is 24.3 Å². The van der Waals surface area contributed by atoms with E-state index < -0.39 is 5.54 Å². The number of anilines is 2. The summed E-state index contributed by atoms with van der Waals surface area (Å²) >= 11 is 0. The molecule has 0 radical (unpaired) electrons. The Hall–Kier alpha value is -3.22. The number of fused-ring (bicyclic) bond motifs is 1. The molecule has 2 aromatic carbocycles. The van der Waals surface area contributed by atoms with E-state index in [9.17, 15) is 13.6 Å². The van der Waals surface area contributed by atoms with E-state index >= 15 is 0 Å². The number of benzene rings is 2. The lowest BCUT2D eigenvalue weighted by molar-refractivity contribution is -0.124. The molecule has 2 N–H and O–H groups in total. The smallest absolute Gasteiger partial charge is 0.240 e. The summed E-state index contributed by atoms with van der Waals surface area (Å²) < 4.78 is 28.4. The maximum absolute atomic E-state index is 13.4. The molecule has 0 spiro atoms. The molecule has 1 amide bonds. The lowest BCUT2D eigenvalue weighted by Gasteiger charge is -2.31. The van der Waals surface area contributed by atoms with Crippen molar-refractivity contribution in [1.82, 2.24) is 14.9 Å². The second kappa shape index (κ2) is 6.19. The minimum Gasteiger partial charge on any atom is -0.342 e. The van der Waals surface area contributed by atoms with Crippen molar-refractivity contribution >= 4 is 17.4 Å². The van der Waals surface area contributed by atoms with Crippen LogP contribution < -0.4 is 10.6 Å². The molecule has 138 valence electrons. The molecule has 0 saturated heterocycles. The zero-order valence-electron chi connectivity index (χ0n) is 14.9. The zero-order chi connectivity index (χ0) is 19.2. The number of nitrogens with zero attached hydrogens (tertiary/aromatic N) is 2. The molecule has 1 aliphatic rings. The first-order valence-electron chi connectivity index (χ1n) is 8.54. The van der Waals surface area contributed by atoms with Gasteiger partial charge >= 0.3 is 0 Å². The van der Waals surface area contributed by atoms with Crippen LogP contribution in [0.1, 0.15) is 19.7 Å². The van der Waals surface area contributed by atoms with Crippen LogP contribution in [0, 0.1) is 11.6 Å². The van der Waals surface area contributed by atoms with Gasteiger partial charge in [-0.2, -0.15) is 0 Å². The van der Waals surface area contributed by atoms with Crippen molar-refractivity contribution in [2.45, 2.75) is 25.9 Å². The molecule has 27 heavy (non-hydrogen) atoms. The molecule has 5 nitrogen and oxygen atoms in total. The van der Waals surface area contributed by atoms with Crippen molar-refractivity contribution in [3.05, 3.63) is 66.0 Å². The number of aromatic nitrogens is 2. The van der Waals surface area contributed by atoms with Gasteiger partial charge in [0.15, 0.2) is 0 Å². The van der Waals surface area contributed by atoms with Crippen molar-refractivity contribution in [3.8, 4) is 11.3 Å². The summed E-state index contributed by atoms with van der Waals surface area (Å²) in [6, 6.07) is 11.9. The van der Waals surface area contributed by atoms with E-state index in [2.05, 4.69) is 10.6 Å². The van der Waals surface area contributed by atoms with Gasteiger partial charge in [-0.3, -0.25) is 4.79 Å². The van der Waals surface area contributed by atoms with E-state index in [-0.39, 0.29) is 24.1 Å². The van der Waals surface area contributed by atoms with Gasteiger partial charge in [-0.05, 0) is 62.4 Å². The molecule has 7 heteroatoms. The summed E-state index contributed by atoms with van der Waals surface area (Å²) in [6.07, 6.45) is 0. The lowest BCUT2D eigenvalue weighted by atomic mass is 10.0. The van der Waals surface area contributed by atoms with Gasteiger partial charge in [-0.15, -0.1) is 0 Å². The maximum Gasteiger partial charge on any atom is 0.240 e. The Bertz CT molecular complexity index is 1010. The first kappa shape index (κ1) is 17.2. The summed E-state index contributed by atoms with van der Waals surface area (Å²) in [4.78, 5) is 16.9. The molecule has 0 unspecified atom stereocenters. The standard InChI is InChI=1S/C20H18F2N4O/c1-20(2)19-24-17(12-3-5-13(21)6-4-12)18(26(19)11-16(27)25-20)23-15-9-7-14(22)8-10-15/h3-10,23H,11H2,1-2H3,(H,25,27). The van der Waals surface area contributed by atoms with Crippen molar-refractivity contribution < 1.29 is 13.6 Å². The third kappa shape index (κ3) is 3.16. The number of hydrogen-bond acceptors (Lipinski definition) is 3. The zero-order valence-corrected chi connectivity index (χ0v) is 14.9. The third-order valence-corrected chi connectivity index (χ3v) is 4.50. The van der Waals surface area contributed by atoms with Gasteiger partial charge in [0.1, 0.15) is 35.5 Å². The third-order valence-electron chi connectivity index (χ3n) is 4.50. The number of amides is 1. The average Bonchev–Trinajstić information content (AvgIpc) is 2.96. The van der Waals surface area contributed by atoms with Crippen LogP contribution in [0.3, 0.4) is 0 Å². The molecule has 0 bridgehead atoms. The van der Waals surface area contributed by atoms with E-state index in [0.717, 1.165) is 0 Å². The van der Waals surface area contributed by atoms with Gasteiger partial charge in [0.2, 0.25) is 5.91 Å². The first-order valence-corrected chi connectivity index (χ1v) is 8.54. The molecule has 4 rings (SSSR count). The van der Waals surface area contributed by atoms with Gasteiger partial charge in [0.05, 0.1) is 5.54 Å². The topological polar surface area (TPSA) is 59.0 Å². The summed E-state index contributed by atoms with van der Waals surface area (Å²) in [7, 11) is 0. The average molecular weight is 368 g/mol. The molecule has 1 aliphatic heterocycles. The lowest BCUT2D eigenvalue weighted by Crippen LogP contribution is -2.49. The molecule has 3 aromatic rings. The molecule has 2 heterocycles. The van der Waals surface area contributed by atoms with Crippen LogP contribution in [-0.4, -0.2) is 15.5 Å². The highest BCUT2D eigenvalue weighted by molar-refractivity contribution is 5.83. The molecular formula is C20H18F2N4O. The highest BCUT2D eigenvalue weighted by Crippen LogP contribution is 2.36. The fourth-order valence-electron chi connectivity index (χ4n) is 3.28. The predicted octanol–water partition coefficient (Wildman–Crippen LogP) is 3.94. The van der Waals surface area contributed by atoms with Crippen molar-refractivity contribution in [1.29, 1.82) is 0 Å². The summed E-state index contributed by atoms with van der Waals surface area (Å²) in [6.45, 7) is 3.86. The van der Waals surface area contributed by atoms with E-state index in [1.807, 2.05) is 13.8 Å².